The summed E-state index contributed by atoms with van der Waals surface area (Å²) in [5, 5.41) is 15.3. The molecular weight excluding hydrogens is 443 g/mol. The molecule has 7 nitrogen and oxygen atoms in total. The van der Waals surface area contributed by atoms with Crippen LogP contribution in [0.2, 0.25) is 0 Å². The van der Waals surface area contributed by atoms with E-state index in [1.165, 1.54) is 23.6 Å². The molecule has 0 fully saturated rings. The molecule has 0 unspecified atom stereocenters. The Labute approximate surface area is 187 Å². The molecule has 3 rings (SSSR count). The first-order valence-electron chi connectivity index (χ1n) is 9.97. The highest BCUT2D eigenvalue weighted by Crippen LogP contribution is 2.35. The lowest BCUT2D eigenvalue weighted by Gasteiger charge is -2.14. The second-order valence-corrected chi connectivity index (χ2v) is 8.17. The summed E-state index contributed by atoms with van der Waals surface area (Å²) >= 11 is 1.49. The molecule has 0 bridgehead atoms. The van der Waals surface area contributed by atoms with Crippen LogP contribution in [0, 0.1) is 13.8 Å². The van der Waals surface area contributed by atoms with E-state index in [0.29, 0.717) is 30.2 Å². The molecule has 0 aliphatic heterocycles. The van der Waals surface area contributed by atoms with Crippen LogP contribution >= 0.6 is 11.3 Å². The lowest BCUT2D eigenvalue weighted by molar-refractivity contribution is -0.137. The lowest BCUT2D eigenvalue weighted by Crippen LogP contribution is -2.20. The zero-order valence-corrected chi connectivity index (χ0v) is 18.5. The summed E-state index contributed by atoms with van der Waals surface area (Å²) in [5.74, 6) is 0.248. The third-order valence-electron chi connectivity index (χ3n) is 4.45. The van der Waals surface area contributed by atoms with Gasteiger partial charge in [-0.1, -0.05) is 0 Å². The Bertz CT molecular complexity index is 1020. The molecule has 3 aromatic rings. The van der Waals surface area contributed by atoms with Crippen molar-refractivity contribution in [3.8, 4) is 16.5 Å². The third-order valence-corrected chi connectivity index (χ3v) is 5.54. The minimum absolute atomic E-state index is 0.0224. The Kier molecular flexibility index (Phi) is 7.99. The number of halogens is 3. The van der Waals surface area contributed by atoms with Gasteiger partial charge in [-0.15, -0.1) is 11.3 Å². The second-order valence-electron chi connectivity index (χ2n) is 6.97. The molecule has 32 heavy (non-hydrogen) atoms. The van der Waals surface area contributed by atoms with E-state index < -0.39 is 11.7 Å². The highest BCUT2D eigenvalue weighted by molar-refractivity contribution is 7.15. The number of aliphatic hydroxyl groups excluding tert-OH is 1. The highest BCUT2D eigenvalue weighted by atomic mass is 32.1. The maximum atomic E-state index is 13.4. The van der Waals surface area contributed by atoms with Crippen LogP contribution in [-0.4, -0.2) is 46.4 Å². The number of thiazole rings is 1. The number of hydrogen-bond acceptors (Lipinski definition) is 8. The van der Waals surface area contributed by atoms with Crippen LogP contribution in [0.3, 0.4) is 0 Å². The molecule has 1 aromatic carbocycles. The Morgan fingerprint density at radius 3 is 2.62 bits per heavy atom. The predicted octanol–water partition coefficient (Wildman–Crippen LogP) is 4.33. The fourth-order valence-corrected chi connectivity index (χ4v) is 3.64. The molecule has 0 saturated heterocycles. The maximum Gasteiger partial charge on any atom is 0.416 e. The van der Waals surface area contributed by atoms with Crippen LogP contribution in [0.4, 0.5) is 24.8 Å². The molecule has 11 heteroatoms. The standard InChI is InChI=1S/C21H24F3N5O2S/c1-13-14(2)32-19(27-13)18-4-6-26-20(29-18)28-16-10-15(21(22,23)24)11-17(12-16)31-9-3-5-25-7-8-30/h4,6,10-12,25,30H,3,5,7-9H2,1-2H3,(H,26,28,29). The van der Waals surface area contributed by atoms with Crippen molar-refractivity contribution in [1.29, 1.82) is 0 Å². The maximum absolute atomic E-state index is 13.4. The number of alkyl halides is 3. The first-order valence-corrected chi connectivity index (χ1v) is 10.8. The van der Waals surface area contributed by atoms with E-state index in [-0.39, 0.29) is 30.6 Å². The van der Waals surface area contributed by atoms with Crippen LogP contribution in [0.25, 0.3) is 10.7 Å². The molecule has 2 aromatic heterocycles. The number of ether oxygens (including phenoxy) is 1. The molecule has 2 heterocycles. The quantitative estimate of drug-likeness (QED) is 0.382. The van der Waals surface area contributed by atoms with Crippen molar-refractivity contribution < 1.29 is 23.0 Å². The molecular formula is C21H24F3N5O2S. The van der Waals surface area contributed by atoms with Crippen molar-refractivity contribution in [3.05, 3.63) is 46.6 Å². The molecule has 0 spiro atoms. The second kappa shape index (κ2) is 10.7. The van der Waals surface area contributed by atoms with Gasteiger partial charge in [-0.2, -0.15) is 13.2 Å². The number of aliphatic hydroxyl groups is 1. The van der Waals surface area contributed by atoms with Crippen molar-refractivity contribution in [2.24, 2.45) is 0 Å². The number of aryl methyl sites for hydroxylation is 2. The Morgan fingerprint density at radius 2 is 1.94 bits per heavy atom. The van der Waals surface area contributed by atoms with Gasteiger partial charge in [0.15, 0.2) is 0 Å². The predicted molar refractivity (Wildman–Crippen MR) is 117 cm³/mol. The summed E-state index contributed by atoms with van der Waals surface area (Å²) in [6, 6.07) is 5.13. The molecule has 0 saturated carbocycles. The van der Waals surface area contributed by atoms with Gasteiger partial charge in [0.1, 0.15) is 16.5 Å². The average Bonchev–Trinajstić information content (AvgIpc) is 3.08. The number of benzene rings is 1. The van der Waals surface area contributed by atoms with E-state index in [2.05, 4.69) is 25.6 Å². The summed E-state index contributed by atoms with van der Waals surface area (Å²) in [6.07, 6.45) is -2.42. The summed E-state index contributed by atoms with van der Waals surface area (Å²) in [6.45, 7) is 5.16. The fraction of sp³-hybridized carbons (Fsp3) is 0.381. The summed E-state index contributed by atoms with van der Waals surface area (Å²) in [5.41, 5.74) is 0.821. The van der Waals surface area contributed by atoms with Gasteiger partial charge in [-0.25, -0.2) is 15.0 Å². The Balaban J connectivity index is 1.77. The highest BCUT2D eigenvalue weighted by Gasteiger charge is 2.31. The van der Waals surface area contributed by atoms with Gasteiger partial charge >= 0.3 is 6.18 Å². The minimum atomic E-state index is -4.53. The van der Waals surface area contributed by atoms with Gasteiger partial charge in [0.25, 0.3) is 0 Å². The first kappa shape index (κ1) is 23.9. The van der Waals surface area contributed by atoms with E-state index in [0.717, 1.165) is 22.7 Å². The summed E-state index contributed by atoms with van der Waals surface area (Å²) in [7, 11) is 0. The SMILES string of the molecule is Cc1nc(-c2ccnc(Nc3cc(OCCCNCCO)cc(C(F)(F)F)c3)n2)sc1C. The fourth-order valence-electron chi connectivity index (χ4n) is 2.76. The molecule has 3 N–H and O–H groups in total. The Morgan fingerprint density at radius 1 is 1.12 bits per heavy atom. The van der Waals surface area contributed by atoms with Gasteiger partial charge in [0.2, 0.25) is 5.95 Å². The van der Waals surface area contributed by atoms with Crippen molar-refractivity contribution in [3.63, 3.8) is 0 Å². The zero-order chi connectivity index (χ0) is 23.1. The Hall–Kier alpha value is -2.76. The number of hydrogen-bond donors (Lipinski definition) is 3. The van der Waals surface area contributed by atoms with Crippen molar-refractivity contribution in [1.82, 2.24) is 20.3 Å². The molecule has 172 valence electrons. The van der Waals surface area contributed by atoms with E-state index in [4.69, 9.17) is 9.84 Å². The number of rotatable bonds is 10. The van der Waals surface area contributed by atoms with Crippen molar-refractivity contribution >= 4 is 23.0 Å². The topological polar surface area (TPSA) is 92.2 Å². The monoisotopic (exact) mass is 467 g/mol. The van der Waals surface area contributed by atoms with Gasteiger partial charge in [0, 0.05) is 29.4 Å². The normalized spacial score (nSPS) is 11.6. The van der Waals surface area contributed by atoms with Crippen LogP contribution in [0.15, 0.2) is 30.5 Å². The van der Waals surface area contributed by atoms with Crippen molar-refractivity contribution in [2.75, 3.05) is 31.6 Å². The van der Waals surface area contributed by atoms with Crippen LogP contribution in [-0.2, 0) is 6.18 Å². The van der Waals surface area contributed by atoms with Crippen LogP contribution in [0.1, 0.15) is 22.6 Å². The van der Waals surface area contributed by atoms with E-state index in [1.807, 2.05) is 13.8 Å². The van der Waals surface area contributed by atoms with Crippen LogP contribution in [0.5, 0.6) is 5.75 Å². The van der Waals surface area contributed by atoms with Gasteiger partial charge in [-0.05, 0) is 45.0 Å². The largest absolute Gasteiger partial charge is 0.493 e. The van der Waals surface area contributed by atoms with Gasteiger partial charge in [-0.3, -0.25) is 0 Å². The van der Waals surface area contributed by atoms with Crippen LogP contribution < -0.4 is 15.4 Å². The smallest absolute Gasteiger partial charge is 0.416 e. The minimum Gasteiger partial charge on any atom is -0.493 e. The van der Waals surface area contributed by atoms with Gasteiger partial charge < -0.3 is 20.5 Å². The third kappa shape index (κ3) is 6.62. The molecule has 0 aliphatic carbocycles. The first-order chi connectivity index (χ1) is 15.3. The zero-order valence-electron chi connectivity index (χ0n) is 17.7. The number of aromatic nitrogens is 3. The molecule has 0 atom stereocenters. The summed E-state index contributed by atoms with van der Waals surface area (Å²) in [4.78, 5) is 14.0. The number of nitrogens with one attached hydrogen (secondary N) is 2. The van der Waals surface area contributed by atoms with E-state index in [9.17, 15) is 13.2 Å². The van der Waals surface area contributed by atoms with E-state index >= 15 is 0 Å². The summed E-state index contributed by atoms with van der Waals surface area (Å²) < 4.78 is 45.7. The molecule has 0 amide bonds. The number of nitrogens with zero attached hydrogens (tertiary/aromatic N) is 3. The molecule has 0 aliphatic rings. The lowest BCUT2D eigenvalue weighted by atomic mass is 10.2. The van der Waals surface area contributed by atoms with Crippen molar-refractivity contribution in [2.45, 2.75) is 26.4 Å². The molecule has 0 radical (unpaired) electrons. The average molecular weight is 468 g/mol. The van der Waals surface area contributed by atoms with E-state index in [1.54, 1.807) is 6.07 Å². The van der Waals surface area contributed by atoms with Gasteiger partial charge in [0.05, 0.1) is 24.5 Å². The number of anilines is 2.